The first kappa shape index (κ1) is 31.4. The molecule has 0 saturated heterocycles. The number of aliphatic carboxylic acids is 1. The molecule has 1 aromatic carbocycles. The molecule has 9 atom stereocenters. The number of carbonyl (C=O) groups excluding carboxylic acids is 1. The summed E-state index contributed by atoms with van der Waals surface area (Å²) in [6.07, 6.45) is 9.93. The molecule has 5 aliphatic carbocycles. The highest BCUT2D eigenvalue weighted by molar-refractivity contribution is 5.95. The van der Waals surface area contributed by atoms with E-state index < -0.39 is 11.4 Å². The van der Waals surface area contributed by atoms with Gasteiger partial charge in [-0.1, -0.05) is 59.2 Å². The molecule has 0 heterocycles. The van der Waals surface area contributed by atoms with Crippen molar-refractivity contribution in [1.82, 2.24) is 0 Å². The van der Waals surface area contributed by atoms with Crippen LogP contribution in [0.1, 0.15) is 112 Å². The molecule has 0 radical (unpaired) electrons. The summed E-state index contributed by atoms with van der Waals surface area (Å²) < 4.78 is 6.52. The maximum atomic E-state index is 14.6. The number of carbonyl (C=O) groups is 2. The molecule has 240 valence electrons. The smallest absolute Gasteiger partial charge is 0.309 e. The summed E-state index contributed by atoms with van der Waals surface area (Å²) in [6.45, 7) is 16.1. The molecule has 7 nitrogen and oxygen atoms in total. The van der Waals surface area contributed by atoms with Crippen molar-refractivity contribution in [3.05, 3.63) is 51.6 Å². The molecule has 4 fully saturated rings. The number of ketones is 1. The Morgan fingerprint density at radius 3 is 2.34 bits per heavy atom. The van der Waals surface area contributed by atoms with Gasteiger partial charge in [-0.25, -0.2) is 0 Å². The average molecular weight is 606 g/mol. The number of hydrogen-bond donors (Lipinski definition) is 1. The molecule has 0 spiro atoms. The molecule has 44 heavy (non-hydrogen) atoms. The largest absolute Gasteiger partial charge is 0.481 e. The lowest BCUT2D eigenvalue weighted by molar-refractivity contribution is -0.386. The highest BCUT2D eigenvalue weighted by atomic mass is 16.6. The first-order valence-corrected chi connectivity index (χ1v) is 16.8. The van der Waals surface area contributed by atoms with Crippen LogP contribution in [0.3, 0.4) is 0 Å². The Morgan fingerprint density at radius 2 is 1.66 bits per heavy atom. The number of nitro benzene ring substituents is 1. The van der Waals surface area contributed by atoms with Gasteiger partial charge in [0.1, 0.15) is 0 Å². The van der Waals surface area contributed by atoms with Crippen LogP contribution < -0.4 is 0 Å². The Labute approximate surface area is 262 Å². The maximum absolute atomic E-state index is 14.6. The van der Waals surface area contributed by atoms with Gasteiger partial charge in [-0.05, 0) is 116 Å². The fraction of sp³-hybridized carbons (Fsp3) is 0.730. The summed E-state index contributed by atoms with van der Waals surface area (Å²) in [5.74, 6) is -0.175. The second-order valence-corrected chi connectivity index (χ2v) is 17.1. The normalized spacial score (nSPS) is 44.3. The van der Waals surface area contributed by atoms with Gasteiger partial charge in [-0.15, -0.1) is 0 Å². The van der Waals surface area contributed by atoms with E-state index in [-0.39, 0.29) is 73.9 Å². The molecule has 0 aromatic heterocycles. The van der Waals surface area contributed by atoms with Crippen LogP contribution in [0.4, 0.5) is 5.69 Å². The van der Waals surface area contributed by atoms with E-state index in [4.69, 9.17) is 4.74 Å². The SMILES string of the molecule is CC1(C)[C@@H](OCc2ccccc2[N+](=O)[O-])CC[C@]2(C)[C@H]3C(=O)C=C4[C@@H]5C[C@@](C)(C(=O)O)CC[C@]5(C)CC[C@@]4(C)[C@]3(C)CC[C@@H]12. The Kier molecular flexibility index (Phi) is 7.13. The Hall–Kier alpha value is -2.54. The van der Waals surface area contributed by atoms with Crippen molar-refractivity contribution in [2.45, 2.75) is 119 Å². The molecular formula is C37H51NO6. The van der Waals surface area contributed by atoms with E-state index in [9.17, 15) is 24.8 Å². The minimum absolute atomic E-state index is 0.0378. The molecule has 0 amide bonds. The van der Waals surface area contributed by atoms with E-state index in [1.807, 2.05) is 19.1 Å². The minimum atomic E-state index is -0.754. The number of allylic oxidation sites excluding steroid dienone is 2. The van der Waals surface area contributed by atoms with Crippen LogP contribution in [0.15, 0.2) is 35.9 Å². The van der Waals surface area contributed by atoms with Gasteiger partial charge in [0, 0.05) is 12.0 Å². The van der Waals surface area contributed by atoms with Crippen molar-refractivity contribution >= 4 is 17.4 Å². The van der Waals surface area contributed by atoms with Crippen molar-refractivity contribution in [3.63, 3.8) is 0 Å². The zero-order valence-electron chi connectivity index (χ0n) is 27.7. The zero-order chi connectivity index (χ0) is 32.1. The van der Waals surface area contributed by atoms with Gasteiger partial charge in [0.2, 0.25) is 0 Å². The number of carboxylic acid groups (broad SMARTS) is 1. The van der Waals surface area contributed by atoms with Gasteiger partial charge in [0.05, 0.1) is 28.6 Å². The van der Waals surface area contributed by atoms with E-state index in [2.05, 4.69) is 41.5 Å². The zero-order valence-corrected chi connectivity index (χ0v) is 27.7. The van der Waals surface area contributed by atoms with Gasteiger partial charge in [0.15, 0.2) is 5.78 Å². The van der Waals surface area contributed by atoms with Crippen molar-refractivity contribution < 1.29 is 24.4 Å². The van der Waals surface area contributed by atoms with Gasteiger partial charge in [0.25, 0.3) is 5.69 Å². The van der Waals surface area contributed by atoms with Crippen LogP contribution in [-0.4, -0.2) is 27.9 Å². The quantitative estimate of drug-likeness (QED) is 0.266. The van der Waals surface area contributed by atoms with Crippen LogP contribution in [-0.2, 0) is 20.9 Å². The van der Waals surface area contributed by atoms with Gasteiger partial charge < -0.3 is 9.84 Å². The Morgan fingerprint density at radius 1 is 0.977 bits per heavy atom. The molecule has 1 aromatic rings. The molecule has 5 aliphatic rings. The average Bonchev–Trinajstić information content (AvgIpc) is 2.94. The Bertz CT molecular complexity index is 1430. The first-order chi connectivity index (χ1) is 20.4. The second-order valence-electron chi connectivity index (χ2n) is 17.1. The lowest BCUT2D eigenvalue weighted by atomic mass is 9.33. The summed E-state index contributed by atoms with van der Waals surface area (Å²) in [7, 11) is 0. The summed E-state index contributed by atoms with van der Waals surface area (Å²) >= 11 is 0. The van der Waals surface area contributed by atoms with E-state index in [0.717, 1.165) is 44.9 Å². The number of nitro groups is 1. The van der Waals surface area contributed by atoms with Crippen LogP contribution in [0.5, 0.6) is 0 Å². The number of ether oxygens (including phenoxy) is 1. The number of carboxylic acids is 1. The van der Waals surface area contributed by atoms with Gasteiger partial charge >= 0.3 is 5.97 Å². The standard InChI is InChI=1S/C37H51NO6/c1-32(2)28-12-15-37(7)30(35(28,5)14-13-29(32)44-22-23-10-8-9-11-26(23)38(42)43)27(39)20-24-25-21-34(4,31(40)41)17-16-33(25,3)18-19-36(24,37)6/h8-11,20,25,28-30H,12-19,21-22H2,1-7H3,(H,40,41)/t25-,28-,29-,30+,33+,34-,35-,36+,37+/m0/s1. The molecule has 7 heteroatoms. The lowest BCUT2D eigenvalue weighted by Crippen LogP contribution is -2.66. The highest BCUT2D eigenvalue weighted by Crippen LogP contribution is 2.75. The lowest BCUT2D eigenvalue weighted by Gasteiger charge is -2.70. The molecule has 0 unspecified atom stereocenters. The monoisotopic (exact) mass is 605 g/mol. The summed E-state index contributed by atoms with van der Waals surface area (Å²) in [5, 5.41) is 21.8. The van der Waals surface area contributed by atoms with Crippen LogP contribution in [0, 0.1) is 60.4 Å². The third-order valence-corrected chi connectivity index (χ3v) is 14.7. The van der Waals surface area contributed by atoms with Crippen molar-refractivity contribution in [2.24, 2.45) is 50.2 Å². The molecule has 1 N–H and O–H groups in total. The highest BCUT2D eigenvalue weighted by Gasteiger charge is 2.70. The number of fused-ring (bicyclic) bond motifs is 7. The number of nitrogens with zero attached hydrogens (tertiary/aromatic N) is 1. The number of rotatable bonds is 5. The number of para-hydroxylation sites is 1. The summed E-state index contributed by atoms with van der Waals surface area (Å²) in [4.78, 5) is 38.2. The van der Waals surface area contributed by atoms with Crippen LogP contribution >= 0.6 is 0 Å². The van der Waals surface area contributed by atoms with Crippen LogP contribution in [0.2, 0.25) is 0 Å². The van der Waals surface area contributed by atoms with E-state index in [1.54, 1.807) is 12.1 Å². The van der Waals surface area contributed by atoms with Gasteiger partial charge in [-0.3, -0.25) is 19.7 Å². The maximum Gasteiger partial charge on any atom is 0.309 e. The van der Waals surface area contributed by atoms with E-state index >= 15 is 0 Å². The summed E-state index contributed by atoms with van der Waals surface area (Å²) in [6, 6.07) is 6.81. The third-order valence-electron chi connectivity index (χ3n) is 14.7. The predicted molar refractivity (Wildman–Crippen MR) is 169 cm³/mol. The van der Waals surface area contributed by atoms with E-state index in [0.29, 0.717) is 18.4 Å². The summed E-state index contributed by atoms with van der Waals surface area (Å²) in [5.41, 5.74) is 0.458. The van der Waals surface area contributed by atoms with E-state index in [1.165, 1.54) is 11.6 Å². The fourth-order valence-electron chi connectivity index (χ4n) is 11.6. The first-order valence-electron chi connectivity index (χ1n) is 16.8. The Balaban J connectivity index is 1.32. The topological polar surface area (TPSA) is 107 Å². The van der Waals surface area contributed by atoms with Crippen molar-refractivity contribution in [2.75, 3.05) is 0 Å². The number of hydrogen-bond acceptors (Lipinski definition) is 5. The van der Waals surface area contributed by atoms with Crippen LogP contribution in [0.25, 0.3) is 0 Å². The minimum Gasteiger partial charge on any atom is -0.481 e. The van der Waals surface area contributed by atoms with Gasteiger partial charge in [-0.2, -0.15) is 0 Å². The third kappa shape index (κ3) is 4.23. The molecule has 0 aliphatic heterocycles. The fourth-order valence-corrected chi connectivity index (χ4v) is 11.6. The predicted octanol–water partition coefficient (Wildman–Crippen LogP) is 8.55. The van der Waals surface area contributed by atoms with Crippen molar-refractivity contribution in [1.29, 1.82) is 0 Å². The molecule has 4 saturated carbocycles. The van der Waals surface area contributed by atoms with Crippen molar-refractivity contribution in [3.8, 4) is 0 Å². The second kappa shape index (κ2) is 9.98. The molecular weight excluding hydrogens is 554 g/mol. The number of benzene rings is 1. The molecule has 6 rings (SSSR count). The molecule has 0 bridgehead atoms.